The van der Waals surface area contributed by atoms with Crippen molar-refractivity contribution in [3.63, 3.8) is 0 Å². The normalized spacial score (nSPS) is 12.3. The summed E-state index contributed by atoms with van der Waals surface area (Å²) >= 11 is 5.92. The monoisotopic (exact) mass is 414 g/mol. The predicted molar refractivity (Wildman–Crippen MR) is 97.2 cm³/mol. The molecule has 0 heterocycles. The third-order valence-electron chi connectivity index (χ3n) is 3.34. The number of sulfonamides is 1. The van der Waals surface area contributed by atoms with Crippen LogP contribution in [0.5, 0.6) is 0 Å². The molecule has 0 saturated heterocycles. The summed E-state index contributed by atoms with van der Waals surface area (Å²) in [5.74, 6) is -2.17. The van der Waals surface area contributed by atoms with Gasteiger partial charge in [0.15, 0.2) is 6.10 Å². The van der Waals surface area contributed by atoms with E-state index in [0.29, 0.717) is 10.7 Å². The SMILES string of the molecule is C[C@H](OC(=O)CNS(=O)(=O)c1ccc(F)cc1)C(=O)Nc1ccccc1Cl. The third kappa shape index (κ3) is 6.02. The number of carbonyl (C=O) groups excluding carboxylic acids is 2. The Bertz CT molecular complexity index is 935. The highest BCUT2D eigenvalue weighted by molar-refractivity contribution is 7.89. The molecule has 7 nitrogen and oxygen atoms in total. The maximum atomic E-state index is 12.9. The summed E-state index contributed by atoms with van der Waals surface area (Å²) < 4.78 is 43.8. The first-order valence-electron chi connectivity index (χ1n) is 7.69. The molecule has 0 radical (unpaired) electrons. The number of anilines is 1. The zero-order valence-corrected chi connectivity index (χ0v) is 15.7. The lowest BCUT2D eigenvalue weighted by Crippen LogP contribution is -2.35. The quantitative estimate of drug-likeness (QED) is 0.677. The fraction of sp³-hybridized carbons (Fsp3) is 0.176. The van der Waals surface area contributed by atoms with E-state index in [1.54, 1.807) is 24.3 Å². The second kappa shape index (κ2) is 8.94. The summed E-state index contributed by atoms with van der Waals surface area (Å²) in [5.41, 5.74) is 0.351. The molecule has 2 rings (SSSR count). The molecule has 0 aliphatic carbocycles. The Morgan fingerprint density at radius 1 is 1.15 bits per heavy atom. The number of nitrogens with one attached hydrogen (secondary N) is 2. The first-order chi connectivity index (χ1) is 12.7. The first kappa shape index (κ1) is 20.8. The Labute approximate surface area is 160 Å². The molecule has 144 valence electrons. The van der Waals surface area contributed by atoms with Crippen molar-refractivity contribution >= 4 is 39.2 Å². The minimum Gasteiger partial charge on any atom is -0.452 e. The second-order valence-electron chi connectivity index (χ2n) is 5.38. The smallest absolute Gasteiger partial charge is 0.321 e. The number of ether oxygens (including phenoxy) is 1. The molecule has 27 heavy (non-hydrogen) atoms. The molecule has 2 aromatic rings. The highest BCUT2D eigenvalue weighted by Gasteiger charge is 2.21. The number of amides is 1. The van der Waals surface area contributed by atoms with Crippen molar-refractivity contribution in [2.75, 3.05) is 11.9 Å². The molecular weight excluding hydrogens is 399 g/mol. The lowest BCUT2D eigenvalue weighted by Gasteiger charge is -2.14. The van der Waals surface area contributed by atoms with Gasteiger partial charge < -0.3 is 10.1 Å². The minimum absolute atomic E-state index is 0.207. The van der Waals surface area contributed by atoms with Crippen molar-refractivity contribution in [1.82, 2.24) is 4.72 Å². The van der Waals surface area contributed by atoms with Gasteiger partial charge in [-0.25, -0.2) is 12.8 Å². The van der Waals surface area contributed by atoms with Gasteiger partial charge in [0.05, 0.1) is 15.6 Å². The molecule has 10 heteroatoms. The van der Waals surface area contributed by atoms with Gasteiger partial charge in [0.25, 0.3) is 5.91 Å². The number of halogens is 2. The number of para-hydroxylation sites is 1. The summed E-state index contributed by atoms with van der Waals surface area (Å²) in [5, 5.41) is 2.81. The summed E-state index contributed by atoms with van der Waals surface area (Å²) in [4.78, 5) is 23.6. The number of benzene rings is 2. The molecule has 0 saturated carbocycles. The van der Waals surface area contributed by atoms with Crippen molar-refractivity contribution < 1.29 is 27.1 Å². The van der Waals surface area contributed by atoms with Crippen LogP contribution < -0.4 is 10.0 Å². The maximum absolute atomic E-state index is 12.9. The van der Waals surface area contributed by atoms with E-state index in [0.717, 1.165) is 24.3 Å². The van der Waals surface area contributed by atoms with E-state index in [9.17, 15) is 22.4 Å². The second-order valence-corrected chi connectivity index (χ2v) is 7.55. The average molecular weight is 415 g/mol. The van der Waals surface area contributed by atoms with Crippen LogP contribution in [-0.2, 0) is 24.3 Å². The van der Waals surface area contributed by atoms with Crippen LogP contribution in [0.4, 0.5) is 10.1 Å². The highest BCUT2D eigenvalue weighted by Crippen LogP contribution is 2.20. The Kier molecular flexibility index (Phi) is 6.89. The van der Waals surface area contributed by atoms with Crippen LogP contribution in [0, 0.1) is 5.82 Å². The predicted octanol–water partition coefficient (Wildman–Crippen LogP) is 2.33. The van der Waals surface area contributed by atoms with Gasteiger partial charge in [-0.1, -0.05) is 23.7 Å². The molecule has 1 amide bonds. The Morgan fingerprint density at radius 2 is 1.78 bits per heavy atom. The van der Waals surface area contributed by atoms with Crippen molar-refractivity contribution in [3.05, 3.63) is 59.4 Å². The van der Waals surface area contributed by atoms with Crippen LogP contribution in [0.3, 0.4) is 0 Å². The minimum atomic E-state index is -4.02. The molecule has 2 aromatic carbocycles. The molecule has 0 aliphatic heterocycles. The average Bonchev–Trinajstić information content (AvgIpc) is 2.62. The largest absolute Gasteiger partial charge is 0.452 e. The van der Waals surface area contributed by atoms with Gasteiger partial charge in [0.2, 0.25) is 10.0 Å². The van der Waals surface area contributed by atoms with Gasteiger partial charge in [-0.05, 0) is 43.3 Å². The van der Waals surface area contributed by atoms with Crippen molar-refractivity contribution in [2.24, 2.45) is 0 Å². The van der Waals surface area contributed by atoms with Crippen LogP contribution in [0.15, 0.2) is 53.4 Å². The fourth-order valence-corrected chi connectivity index (χ4v) is 3.09. The van der Waals surface area contributed by atoms with Gasteiger partial charge in [0.1, 0.15) is 12.4 Å². The van der Waals surface area contributed by atoms with E-state index in [4.69, 9.17) is 16.3 Å². The van der Waals surface area contributed by atoms with Crippen LogP contribution in [0.2, 0.25) is 5.02 Å². The summed E-state index contributed by atoms with van der Waals surface area (Å²) in [6, 6.07) is 10.6. The molecular formula is C17H16ClFN2O5S. The summed E-state index contributed by atoms with van der Waals surface area (Å²) in [7, 11) is -4.02. The van der Waals surface area contributed by atoms with Gasteiger partial charge in [0, 0.05) is 0 Å². The highest BCUT2D eigenvalue weighted by atomic mass is 35.5. The van der Waals surface area contributed by atoms with E-state index in [1.165, 1.54) is 6.92 Å². The van der Waals surface area contributed by atoms with Crippen LogP contribution in [0.25, 0.3) is 0 Å². The van der Waals surface area contributed by atoms with Gasteiger partial charge >= 0.3 is 5.97 Å². The number of esters is 1. The zero-order valence-electron chi connectivity index (χ0n) is 14.1. The van der Waals surface area contributed by atoms with E-state index in [2.05, 4.69) is 5.32 Å². The molecule has 0 unspecified atom stereocenters. The number of hydrogen-bond donors (Lipinski definition) is 2. The number of rotatable bonds is 7. The van der Waals surface area contributed by atoms with Gasteiger partial charge in [-0.15, -0.1) is 0 Å². The van der Waals surface area contributed by atoms with Crippen molar-refractivity contribution in [1.29, 1.82) is 0 Å². The fourth-order valence-electron chi connectivity index (χ4n) is 1.94. The van der Waals surface area contributed by atoms with E-state index < -0.39 is 40.4 Å². The van der Waals surface area contributed by atoms with Crippen LogP contribution in [-0.4, -0.2) is 32.9 Å². The first-order valence-corrected chi connectivity index (χ1v) is 9.55. The van der Waals surface area contributed by atoms with E-state index in [-0.39, 0.29) is 4.90 Å². The molecule has 0 spiro atoms. The zero-order chi connectivity index (χ0) is 20.0. The molecule has 2 N–H and O–H groups in total. The van der Waals surface area contributed by atoms with Crippen LogP contribution >= 0.6 is 11.6 Å². The summed E-state index contributed by atoms with van der Waals surface area (Å²) in [6.45, 7) is 0.641. The lowest BCUT2D eigenvalue weighted by molar-refractivity contribution is -0.151. The maximum Gasteiger partial charge on any atom is 0.321 e. The van der Waals surface area contributed by atoms with E-state index in [1.807, 2.05) is 4.72 Å². The lowest BCUT2D eigenvalue weighted by atomic mass is 10.3. The molecule has 0 bridgehead atoms. The number of carbonyl (C=O) groups is 2. The van der Waals surface area contributed by atoms with Crippen molar-refractivity contribution in [3.8, 4) is 0 Å². The third-order valence-corrected chi connectivity index (χ3v) is 5.09. The molecule has 0 fully saturated rings. The Morgan fingerprint density at radius 3 is 2.41 bits per heavy atom. The Balaban J connectivity index is 1.88. The van der Waals surface area contributed by atoms with Crippen molar-refractivity contribution in [2.45, 2.75) is 17.9 Å². The molecule has 0 aromatic heterocycles. The van der Waals surface area contributed by atoms with E-state index >= 15 is 0 Å². The molecule has 0 aliphatic rings. The van der Waals surface area contributed by atoms with Gasteiger partial charge in [-0.3, -0.25) is 9.59 Å². The Hall–Kier alpha value is -2.49. The standard InChI is InChI=1S/C17H16ClFN2O5S/c1-11(17(23)21-15-5-3-2-4-14(15)18)26-16(22)10-20-27(24,25)13-8-6-12(19)7-9-13/h2-9,11,20H,10H2,1H3,(H,21,23)/t11-/m0/s1. The molecule has 1 atom stereocenters. The topological polar surface area (TPSA) is 102 Å². The number of hydrogen-bond acceptors (Lipinski definition) is 5. The van der Waals surface area contributed by atoms with Crippen LogP contribution in [0.1, 0.15) is 6.92 Å². The van der Waals surface area contributed by atoms with Gasteiger partial charge in [-0.2, -0.15) is 4.72 Å². The summed E-state index contributed by atoms with van der Waals surface area (Å²) in [6.07, 6.45) is -1.18.